The van der Waals surface area contributed by atoms with E-state index >= 15 is 0 Å². The predicted octanol–water partition coefficient (Wildman–Crippen LogP) is 3.87. The first-order valence-corrected chi connectivity index (χ1v) is 10.1. The molecular weight excluding hydrogens is 386 g/mol. The summed E-state index contributed by atoms with van der Waals surface area (Å²) in [6.45, 7) is 1.30. The largest absolute Gasteiger partial charge is 0.491 e. The molecule has 0 spiro atoms. The normalized spacial score (nSPS) is 12.6. The smallest absolute Gasteiger partial charge is 0.255 e. The van der Waals surface area contributed by atoms with Crippen LogP contribution in [0.1, 0.15) is 10.4 Å². The molecule has 2 aromatic heterocycles. The first-order chi connectivity index (χ1) is 14.1. The maximum absolute atomic E-state index is 12.9. The summed E-state index contributed by atoms with van der Waals surface area (Å²) in [5.74, 6) is 0.589. The van der Waals surface area contributed by atoms with Gasteiger partial charge in [-0.1, -0.05) is 11.3 Å². The van der Waals surface area contributed by atoms with Gasteiger partial charge in [0.1, 0.15) is 12.4 Å². The van der Waals surface area contributed by atoms with E-state index in [9.17, 15) is 4.79 Å². The van der Waals surface area contributed by atoms with Crippen molar-refractivity contribution in [1.82, 2.24) is 14.5 Å². The van der Waals surface area contributed by atoms with Crippen LogP contribution in [0.25, 0.3) is 21.5 Å². The van der Waals surface area contributed by atoms with Crippen molar-refractivity contribution < 1.29 is 9.53 Å². The van der Waals surface area contributed by atoms with Crippen LogP contribution in [0, 0.1) is 0 Å². The molecule has 1 N–H and O–H groups in total. The summed E-state index contributed by atoms with van der Waals surface area (Å²) in [5.41, 5.74) is 3.98. The fourth-order valence-electron chi connectivity index (χ4n) is 3.36. The lowest BCUT2D eigenvalue weighted by atomic mass is 10.1. The minimum absolute atomic E-state index is 0.175. The van der Waals surface area contributed by atoms with Crippen molar-refractivity contribution in [1.29, 1.82) is 0 Å². The molecule has 1 aliphatic heterocycles. The standard InChI is InChI=1S/C21H19N5O2S/c1-25(2)21-24-16-10-14(4-6-19(16)29-21)23-20(27)13-3-5-18-15(9-13)17-11-22-12-26(17)7-8-28-18/h3-6,9-12H,7-8H2,1-2H3,(H,23,27). The summed E-state index contributed by atoms with van der Waals surface area (Å²) in [5, 5.41) is 3.91. The van der Waals surface area contributed by atoms with E-state index in [0.717, 1.165) is 38.9 Å². The Morgan fingerprint density at radius 2 is 2.14 bits per heavy atom. The molecule has 29 heavy (non-hydrogen) atoms. The van der Waals surface area contributed by atoms with Gasteiger partial charge < -0.3 is 19.5 Å². The number of ether oxygens (including phenoxy) is 1. The van der Waals surface area contributed by atoms with Crippen LogP contribution in [0.3, 0.4) is 0 Å². The molecule has 4 aromatic rings. The number of nitrogens with one attached hydrogen (secondary N) is 1. The van der Waals surface area contributed by atoms with E-state index in [2.05, 4.69) is 15.3 Å². The van der Waals surface area contributed by atoms with Gasteiger partial charge >= 0.3 is 0 Å². The zero-order chi connectivity index (χ0) is 20.0. The first kappa shape index (κ1) is 17.7. The molecule has 0 radical (unpaired) electrons. The van der Waals surface area contributed by atoms with E-state index in [1.165, 1.54) is 0 Å². The van der Waals surface area contributed by atoms with Gasteiger partial charge in [0.2, 0.25) is 0 Å². The van der Waals surface area contributed by atoms with E-state index in [0.29, 0.717) is 17.9 Å². The van der Waals surface area contributed by atoms with Crippen LogP contribution in [0.2, 0.25) is 0 Å². The number of anilines is 2. The van der Waals surface area contributed by atoms with Crippen molar-refractivity contribution in [3.05, 3.63) is 54.5 Å². The van der Waals surface area contributed by atoms with Crippen molar-refractivity contribution in [2.24, 2.45) is 0 Å². The zero-order valence-electron chi connectivity index (χ0n) is 16.0. The van der Waals surface area contributed by atoms with Gasteiger partial charge in [0, 0.05) is 30.9 Å². The Bertz CT molecular complexity index is 1230. The highest BCUT2D eigenvalue weighted by molar-refractivity contribution is 7.22. The number of carbonyl (C=O) groups excluding carboxylic acids is 1. The number of hydrogen-bond acceptors (Lipinski definition) is 6. The number of nitrogens with zero attached hydrogens (tertiary/aromatic N) is 4. The van der Waals surface area contributed by atoms with Gasteiger partial charge in [-0.05, 0) is 36.4 Å². The molecule has 0 unspecified atom stereocenters. The maximum atomic E-state index is 12.9. The summed E-state index contributed by atoms with van der Waals surface area (Å²) in [7, 11) is 3.93. The number of thiazole rings is 1. The molecule has 0 saturated carbocycles. The molecule has 7 nitrogen and oxygen atoms in total. The Kier molecular flexibility index (Phi) is 4.21. The van der Waals surface area contributed by atoms with Crippen molar-refractivity contribution in [3.8, 4) is 17.0 Å². The number of carbonyl (C=O) groups is 1. The summed E-state index contributed by atoms with van der Waals surface area (Å²) >= 11 is 1.62. The van der Waals surface area contributed by atoms with Gasteiger partial charge in [-0.25, -0.2) is 9.97 Å². The second kappa shape index (κ2) is 6.89. The van der Waals surface area contributed by atoms with Crippen LogP contribution >= 0.6 is 11.3 Å². The molecule has 0 atom stereocenters. The van der Waals surface area contributed by atoms with E-state index in [-0.39, 0.29) is 5.91 Å². The van der Waals surface area contributed by atoms with Crippen LogP contribution < -0.4 is 15.0 Å². The Morgan fingerprint density at radius 3 is 3.00 bits per heavy atom. The summed E-state index contributed by atoms with van der Waals surface area (Å²) in [4.78, 5) is 23.7. The minimum Gasteiger partial charge on any atom is -0.491 e. The molecule has 0 saturated heterocycles. The molecule has 146 valence electrons. The third-order valence-corrected chi connectivity index (χ3v) is 6.04. The molecule has 8 heteroatoms. The molecule has 0 bridgehead atoms. The fraction of sp³-hybridized carbons (Fsp3) is 0.190. The zero-order valence-corrected chi connectivity index (χ0v) is 16.9. The monoisotopic (exact) mass is 405 g/mol. The summed E-state index contributed by atoms with van der Waals surface area (Å²) < 4.78 is 8.94. The number of aromatic nitrogens is 3. The Balaban J connectivity index is 1.44. The molecule has 0 aliphatic carbocycles. The highest BCUT2D eigenvalue weighted by Crippen LogP contribution is 2.33. The molecule has 2 aromatic carbocycles. The Labute approximate surface area is 171 Å². The molecule has 0 fully saturated rings. The maximum Gasteiger partial charge on any atom is 0.255 e. The van der Waals surface area contributed by atoms with Gasteiger partial charge in [-0.3, -0.25) is 4.79 Å². The van der Waals surface area contributed by atoms with Gasteiger partial charge in [0.15, 0.2) is 5.13 Å². The lowest BCUT2D eigenvalue weighted by Gasteiger charge is -2.10. The van der Waals surface area contributed by atoms with E-state index < -0.39 is 0 Å². The molecule has 5 rings (SSSR count). The van der Waals surface area contributed by atoms with Gasteiger partial charge in [0.05, 0.1) is 35.0 Å². The summed E-state index contributed by atoms with van der Waals surface area (Å²) in [6.07, 6.45) is 3.58. The lowest BCUT2D eigenvalue weighted by molar-refractivity contribution is 0.102. The molecular formula is C21H19N5O2S. The summed E-state index contributed by atoms with van der Waals surface area (Å²) in [6, 6.07) is 11.3. The predicted molar refractivity (Wildman–Crippen MR) is 115 cm³/mol. The number of hydrogen-bond donors (Lipinski definition) is 1. The van der Waals surface area contributed by atoms with E-state index in [4.69, 9.17) is 4.74 Å². The topological polar surface area (TPSA) is 72.3 Å². The van der Waals surface area contributed by atoms with Crippen molar-refractivity contribution in [2.45, 2.75) is 6.54 Å². The first-order valence-electron chi connectivity index (χ1n) is 9.25. The Morgan fingerprint density at radius 1 is 1.24 bits per heavy atom. The van der Waals surface area contributed by atoms with Gasteiger partial charge in [-0.15, -0.1) is 0 Å². The molecule has 3 heterocycles. The number of rotatable bonds is 3. The number of fused-ring (bicyclic) bond motifs is 4. The van der Waals surface area contributed by atoms with Crippen LogP contribution in [0.15, 0.2) is 48.9 Å². The number of imidazole rings is 1. The minimum atomic E-state index is -0.175. The quantitative estimate of drug-likeness (QED) is 0.560. The van der Waals surface area contributed by atoms with Crippen LogP contribution in [0.4, 0.5) is 10.8 Å². The van der Waals surface area contributed by atoms with Crippen LogP contribution in [0.5, 0.6) is 5.75 Å². The molecule has 1 aliphatic rings. The fourth-order valence-corrected chi connectivity index (χ4v) is 4.23. The molecule has 1 amide bonds. The van der Waals surface area contributed by atoms with Crippen LogP contribution in [-0.2, 0) is 6.54 Å². The second-order valence-corrected chi connectivity index (χ2v) is 8.07. The average Bonchev–Trinajstić information content (AvgIpc) is 3.31. The van der Waals surface area contributed by atoms with Crippen molar-refractivity contribution in [2.75, 3.05) is 30.9 Å². The third-order valence-electron chi connectivity index (χ3n) is 4.84. The highest BCUT2D eigenvalue weighted by Gasteiger charge is 2.18. The SMILES string of the molecule is CN(C)c1nc2cc(NC(=O)c3ccc4c(c3)-c3cncn3CCO4)ccc2s1. The number of amides is 1. The van der Waals surface area contributed by atoms with Crippen LogP contribution in [-0.4, -0.2) is 41.1 Å². The van der Waals surface area contributed by atoms with Crippen molar-refractivity contribution >= 4 is 38.3 Å². The average molecular weight is 405 g/mol. The third kappa shape index (κ3) is 3.21. The second-order valence-electron chi connectivity index (χ2n) is 7.06. The highest BCUT2D eigenvalue weighted by atomic mass is 32.1. The van der Waals surface area contributed by atoms with Crippen molar-refractivity contribution in [3.63, 3.8) is 0 Å². The van der Waals surface area contributed by atoms with E-state index in [1.54, 1.807) is 29.9 Å². The van der Waals surface area contributed by atoms with Gasteiger partial charge in [0.25, 0.3) is 5.91 Å². The Hall–Kier alpha value is -3.39. The van der Waals surface area contributed by atoms with Gasteiger partial charge in [-0.2, -0.15) is 0 Å². The number of benzene rings is 2. The van der Waals surface area contributed by atoms with E-state index in [1.807, 2.05) is 53.9 Å². The lowest BCUT2D eigenvalue weighted by Crippen LogP contribution is -2.12.